The highest BCUT2D eigenvalue weighted by Gasteiger charge is 1.99. The van der Waals surface area contributed by atoms with Gasteiger partial charge in [-0.15, -0.1) is 0 Å². The second kappa shape index (κ2) is 4.69. The third-order valence-electron chi connectivity index (χ3n) is 2.27. The first-order valence-corrected chi connectivity index (χ1v) is 5.98. The quantitative estimate of drug-likeness (QED) is 0.833. The number of nitrogen functional groups attached to an aromatic ring is 1. The minimum atomic E-state index is 0.716. The fraction of sp³-hybridized carbons (Fsp3) is 0.0833. The fourth-order valence-corrected chi connectivity index (χ4v) is 1.68. The molecule has 0 bridgehead atoms. The predicted octanol–water partition coefficient (Wildman–Crippen LogP) is 3.32. The first-order valence-electron chi connectivity index (χ1n) is 4.90. The molecule has 0 fully saturated rings. The number of hydrogen-bond acceptors (Lipinski definition) is 3. The average Bonchev–Trinajstić information content (AvgIpc) is 2.27. The van der Waals surface area contributed by atoms with Crippen LogP contribution in [0.5, 0.6) is 0 Å². The summed E-state index contributed by atoms with van der Waals surface area (Å²) < 4.78 is 1.21. The summed E-state index contributed by atoms with van der Waals surface area (Å²) in [7, 11) is 0. The van der Waals surface area contributed by atoms with Crippen LogP contribution < -0.4 is 11.1 Å². The van der Waals surface area contributed by atoms with E-state index in [0.717, 1.165) is 17.1 Å². The molecule has 3 nitrogen and oxygen atoms in total. The van der Waals surface area contributed by atoms with Gasteiger partial charge >= 0.3 is 0 Å². The van der Waals surface area contributed by atoms with E-state index in [9.17, 15) is 0 Å². The second-order valence-corrected chi connectivity index (χ2v) is 4.80. The molecule has 2 rings (SSSR count). The third-order valence-corrected chi connectivity index (χ3v) is 2.99. The lowest BCUT2D eigenvalue weighted by Gasteiger charge is -2.07. The van der Waals surface area contributed by atoms with Gasteiger partial charge in [-0.05, 0) is 65.4 Å². The van der Waals surface area contributed by atoms with Crippen molar-refractivity contribution in [3.8, 4) is 0 Å². The zero-order valence-corrected chi connectivity index (χ0v) is 11.0. The Morgan fingerprint density at radius 3 is 2.56 bits per heavy atom. The van der Waals surface area contributed by atoms with E-state index < -0.39 is 0 Å². The lowest BCUT2D eigenvalue weighted by Crippen LogP contribution is -1.97. The summed E-state index contributed by atoms with van der Waals surface area (Å²) >= 11 is 2.28. The Labute approximate surface area is 108 Å². The topological polar surface area (TPSA) is 50.9 Å². The van der Waals surface area contributed by atoms with Crippen molar-refractivity contribution in [2.24, 2.45) is 0 Å². The van der Waals surface area contributed by atoms with Crippen LogP contribution in [0.2, 0.25) is 0 Å². The summed E-state index contributed by atoms with van der Waals surface area (Å²) in [4.78, 5) is 4.22. The second-order valence-electron chi connectivity index (χ2n) is 3.56. The van der Waals surface area contributed by atoms with Crippen molar-refractivity contribution < 1.29 is 0 Å². The van der Waals surface area contributed by atoms with E-state index in [1.54, 1.807) is 6.20 Å². The number of hydrogen-bond donors (Lipinski definition) is 2. The Kier molecular flexibility index (Phi) is 3.28. The molecule has 0 unspecified atom stereocenters. The van der Waals surface area contributed by atoms with E-state index in [0.29, 0.717) is 5.69 Å². The summed E-state index contributed by atoms with van der Waals surface area (Å²) in [6, 6.07) is 10.1. The van der Waals surface area contributed by atoms with Crippen molar-refractivity contribution in [3.05, 3.63) is 45.7 Å². The number of anilines is 3. The van der Waals surface area contributed by atoms with Gasteiger partial charge in [0.2, 0.25) is 0 Å². The number of halogens is 1. The van der Waals surface area contributed by atoms with Crippen LogP contribution in [-0.4, -0.2) is 4.98 Å². The molecule has 0 saturated carbocycles. The lowest BCUT2D eigenvalue weighted by molar-refractivity contribution is 1.28. The van der Waals surface area contributed by atoms with Crippen molar-refractivity contribution in [3.63, 3.8) is 0 Å². The van der Waals surface area contributed by atoms with E-state index in [4.69, 9.17) is 5.73 Å². The first-order chi connectivity index (χ1) is 7.65. The van der Waals surface area contributed by atoms with Gasteiger partial charge in [0.05, 0.1) is 11.9 Å². The number of aromatic nitrogens is 1. The van der Waals surface area contributed by atoms with Crippen LogP contribution in [-0.2, 0) is 0 Å². The van der Waals surface area contributed by atoms with Gasteiger partial charge in [-0.3, -0.25) is 0 Å². The van der Waals surface area contributed by atoms with Gasteiger partial charge in [-0.25, -0.2) is 4.98 Å². The molecule has 1 aromatic heterocycles. The van der Waals surface area contributed by atoms with Gasteiger partial charge in [0.1, 0.15) is 5.82 Å². The van der Waals surface area contributed by atoms with Crippen LogP contribution in [0, 0.1) is 10.5 Å². The minimum absolute atomic E-state index is 0.716. The third kappa shape index (κ3) is 2.63. The number of benzene rings is 1. The van der Waals surface area contributed by atoms with Crippen LogP contribution in [0.15, 0.2) is 36.5 Å². The van der Waals surface area contributed by atoms with E-state index >= 15 is 0 Å². The molecule has 0 aliphatic rings. The van der Waals surface area contributed by atoms with E-state index in [-0.39, 0.29) is 0 Å². The molecular weight excluding hydrogens is 313 g/mol. The van der Waals surface area contributed by atoms with E-state index in [1.807, 2.05) is 37.3 Å². The number of pyridine rings is 1. The summed E-state index contributed by atoms with van der Waals surface area (Å²) in [6.07, 6.45) is 1.67. The molecule has 16 heavy (non-hydrogen) atoms. The molecule has 0 saturated heterocycles. The maximum Gasteiger partial charge on any atom is 0.130 e. The summed E-state index contributed by atoms with van der Waals surface area (Å²) in [5.41, 5.74) is 8.48. The molecule has 3 N–H and O–H groups in total. The number of rotatable bonds is 2. The standard InChI is InChI=1S/C12H12IN3/c1-8-6-12(15-7-11(8)14)16-10-4-2-9(13)3-5-10/h2-7H,14H2,1H3,(H,15,16). The van der Waals surface area contributed by atoms with E-state index in [1.165, 1.54) is 3.57 Å². The van der Waals surface area contributed by atoms with Crippen molar-refractivity contribution in [2.45, 2.75) is 6.92 Å². The number of nitrogens with two attached hydrogens (primary N) is 1. The zero-order chi connectivity index (χ0) is 11.5. The Morgan fingerprint density at radius 2 is 1.94 bits per heavy atom. The van der Waals surface area contributed by atoms with E-state index in [2.05, 4.69) is 32.9 Å². The first kappa shape index (κ1) is 11.2. The molecule has 0 spiro atoms. The Bertz CT molecular complexity index is 494. The molecule has 82 valence electrons. The molecule has 0 aliphatic heterocycles. The SMILES string of the molecule is Cc1cc(Nc2ccc(I)cc2)ncc1N. The summed E-state index contributed by atoms with van der Waals surface area (Å²) in [6.45, 7) is 1.97. The molecular formula is C12H12IN3. The van der Waals surface area contributed by atoms with Gasteiger partial charge in [0.15, 0.2) is 0 Å². The van der Waals surface area contributed by atoms with Crippen molar-refractivity contribution in [1.82, 2.24) is 4.98 Å². The van der Waals surface area contributed by atoms with Gasteiger partial charge in [-0.2, -0.15) is 0 Å². The molecule has 2 aromatic rings. The van der Waals surface area contributed by atoms with Crippen LogP contribution >= 0.6 is 22.6 Å². The highest BCUT2D eigenvalue weighted by atomic mass is 127. The summed E-state index contributed by atoms with van der Waals surface area (Å²) in [5.74, 6) is 0.813. The number of nitrogens with one attached hydrogen (secondary N) is 1. The van der Waals surface area contributed by atoms with Crippen LogP contribution in [0.25, 0.3) is 0 Å². The van der Waals surface area contributed by atoms with Gasteiger partial charge in [0.25, 0.3) is 0 Å². The molecule has 0 radical (unpaired) electrons. The fourth-order valence-electron chi connectivity index (χ4n) is 1.32. The smallest absolute Gasteiger partial charge is 0.130 e. The highest BCUT2D eigenvalue weighted by Crippen LogP contribution is 2.18. The summed E-state index contributed by atoms with van der Waals surface area (Å²) in [5, 5.41) is 3.23. The number of aryl methyl sites for hydroxylation is 1. The maximum absolute atomic E-state index is 5.71. The lowest BCUT2D eigenvalue weighted by atomic mass is 10.2. The van der Waals surface area contributed by atoms with Gasteiger partial charge in [-0.1, -0.05) is 0 Å². The molecule has 0 atom stereocenters. The monoisotopic (exact) mass is 325 g/mol. The van der Waals surface area contributed by atoms with Crippen LogP contribution in [0.3, 0.4) is 0 Å². The van der Waals surface area contributed by atoms with Gasteiger partial charge in [0, 0.05) is 9.26 Å². The van der Waals surface area contributed by atoms with Crippen molar-refractivity contribution in [2.75, 3.05) is 11.1 Å². The predicted molar refractivity (Wildman–Crippen MR) is 75.8 cm³/mol. The minimum Gasteiger partial charge on any atom is -0.397 e. The molecule has 1 aromatic carbocycles. The van der Waals surface area contributed by atoms with Crippen LogP contribution in [0.1, 0.15) is 5.56 Å². The van der Waals surface area contributed by atoms with Gasteiger partial charge < -0.3 is 11.1 Å². The Morgan fingerprint density at radius 1 is 1.25 bits per heavy atom. The highest BCUT2D eigenvalue weighted by molar-refractivity contribution is 14.1. The van der Waals surface area contributed by atoms with Crippen molar-refractivity contribution in [1.29, 1.82) is 0 Å². The molecule has 4 heteroatoms. The zero-order valence-electron chi connectivity index (χ0n) is 8.87. The molecule has 0 aliphatic carbocycles. The van der Waals surface area contributed by atoms with Crippen molar-refractivity contribution >= 4 is 39.8 Å². The van der Waals surface area contributed by atoms with Crippen LogP contribution in [0.4, 0.5) is 17.2 Å². The largest absolute Gasteiger partial charge is 0.397 e. The molecule has 0 amide bonds. The Hall–Kier alpha value is -1.30. The maximum atomic E-state index is 5.71. The average molecular weight is 325 g/mol. The normalized spacial score (nSPS) is 10.1. The number of nitrogens with zero attached hydrogens (tertiary/aromatic N) is 1. The molecule has 1 heterocycles. The Balaban J connectivity index is 2.20.